The van der Waals surface area contributed by atoms with Gasteiger partial charge in [0, 0.05) is 42.2 Å². The van der Waals surface area contributed by atoms with Crippen LogP contribution in [-0.2, 0) is 47.2 Å². The molecule has 3 amide bonds. The van der Waals surface area contributed by atoms with Gasteiger partial charge in [0.05, 0.1) is 53.9 Å². The largest absolute Gasteiger partial charge is 0.491 e. The molecule has 3 fully saturated rings. The van der Waals surface area contributed by atoms with Crippen LogP contribution in [0.1, 0.15) is 51.6 Å². The van der Waals surface area contributed by atoms with E-state index in [1.807, 2.05) is 102 Å². The molecule has 3 saturated heterocycles. The Morgan fingerprint density at radius 1 is 0.802 bits per heavy atom. The molecule has 1 aromatic heterocycles. The number of para-hydroxylation sites is 1. The van der Waals surface area contributed by atoms with Crippen molar-refractivity contribution < 1.29 is 48.2 Å². The Morgan fingerprint density at radius 3 is 2.26 bits per heavy atom. The molecule has 8 aromatic rings. The first-order chi connectivity index (χ1) is 39.6. The minimum atomic E-state index is -2.20. The van der Waals surface area contributed by atoms with Gasteiger partial charge in [0.15, 0.2) is 0 Å². The van der Waals surface area contributed by atoms with Crippen molar-refractivity contribution in [3.8, 4) is 17.6 Å². The quantitative estimate of drug-likeness (QED) is 0.0480. The van der Waals surface area contributed by atoms with Gasteiger partial charge < -0.3 is 34.3 Å². The van der Waals surface area contributed by atoms with Crippen molar-refractivity contribution >= 4 is 57.7 Å². The molecule has 0 radical (unpaired) electrons. The smallest absolute Gasteiger partial charge is 0.421 e. The number of aromatic nitrogens is 3. The van der Waals surface area contributed by atoms with E-state index in [9.17, 15) is 15.2 Å². The van der Waals surface area contributed by atoms with Gasteiger partial charge >= 0.3 is 12.1 Å². The third-order valence-electron chi connectivity index (χ3n) is 15.4. The molecule has 12 rings (SSSR count). The Balaban J connectivity index is 1.08. The van der Waals surface area contributed by atoms with E-state index >= 15 is 19.2 Å². The van der Waals surface area contributed by atoms with Crippen molar-refractivity contribution in [2.45, 2.75) is 42.8 Å². The van der Waals surface area contributed by atoms with E-state index in [2.05, 4.69) is 32.4 Å². The highest BCUT2D eigenvalue weighted by Gasteiger charge is 2.76. The van der Waals surface area contributed by atoms with Gasteiger partial charge in [-0.3, -0.25) is 29.4 Å². The maximum absolute atomic E-state index is 16.9. The summed E-state index contributed by atoms with van der Waals surface area (Å²) in [5.74, 6) is 2.70. The number of benzene rings is 7. The van der Waals surface area contributed by atoms with Crippen LogP contribution in [0.2, 0.25) is 0 Å². The third-order valence-corrected chi connectivity index (χ3v) is 15.4. The lowest BCUT2D eigenvalue weighted by molar-refractivity contribution is -0.384. The van der Waals surface area contributed by atoms with E-state index in [1.165, 1.54) is 24.3 Å². The number of hydrogen-bond donors (Lipinski definition) is 2. The predicted octanol–water partition coefficient (Wildman–Crippen LogP) is 8.24. The number of nitro benzene ring substituents is 1. The molecule has 0 bridgehead atoms. The zero-order valence-corrected chi connectivity index (χ0v) is 43.4. The Hall–Kier alpha value is -9.74. The van der Waals surface area contributed by atoms with Gasteiger partial charge in [0.25, 0.3) is 5.69 Å². The molecule has 6 atom stereocenters. The van der Waals surface area contributed by atoms with E-state index in [1.54, 1.807) is 59.3 Å². The van der Waals surface area contributed by atoms with E-state index in [-0.39, 0.29) is 36.7 Å². The van der Waals surface area contributed by atoms with Crippen LogP contribution in [0.15, 0.2) is 176 Å². The number of ether oxygens (including phenoxy) is 4. The zero-order chi connectivity index (χ0) is 55.6. The number of aliphatic hydroxyl groups excluding tert-OH is 1. The van der Waals surface area contributed by atoms with Gasteiger partial charge in [0.2, 0.25) is 11.8 Å². The Bertz CT molecular complexity index is 3750. The number of nitrogens with one attached hydrogen (secondary N) is 1. The van der Waals surface area contributed by atoms with Crippen molar-refractivity contribution in [2.24, 2.45) is 5.92 Å². The lowest BCUT2D eigenvalue weighted by Gasteiger charge is -2.46. The Labute approximate surface area is 464 Å². The van der Waals surface area contributed by atoms with E-state index in [0.29, 0.717) is 71.1 Å². The van der Waals surface area contributed by atoms with Crippen LogP contribution in [0.3, 0.4) is 0 Å². The molecule has 81 heavy (non-hydrogen) atoms. The molecule has 2 N–H and O–H groups in total. The molecule has 5 heterocycles. The molecule has 7 aromatic carbocycles. The highest BCUT2D eigenvalue weighted by molar-refractivity contribution is 6.24. The summed E-state index contributed by atoms with van der Waals surface area (Å²) in [4.78, 5) is 80.0. The van der Waals surface area contributed by atoms with Gasteiger partial charge in [-0.25, -0.2) is 14.4 Å². The topological polar surface area (TPSA) is 221 Å². The van der Waals surface area contributed by atoms with Gasteiger partial charge in [-0.15, -0.1) is 5.10 Å². The number of esters is 1. The number of fused-ring (bicyclic) bond motifs is 4. The summed E-state index contributed by atoms with van der Waals surface area (Å²) >= 11 is 0. The molecule has 0 aliphatic carbocycles. The van der Waals surface area contributed by atoms with Crippen LogP contribution in [-0.4, -0.2) is 99.4 Å². The summed E-state index contributed by atoms with van der Waals surface area (Å²) in [6, 6.07) is 47.1. The molecule has 19 heteroatoms. The molecular formula is C62H52N8O11. The normalized spacial score (nSPS) is 21.2. The number of non-ortho nitro benzene ring substituents is 1. The van der Waals surface area contributed by atoms with Crippen LogP contribution in [0, 0.1) is 27.9 Å². The lowest BCUT2D eigenvalue weighted by Crippen LogP contribution is -2.54. The van der Waals surface area contributed by atoms with Gasteiger partial charge in [-0.1, -0.05) is 102 Å². The van der Waals surface area contributed by atoms with E-state index < -0.39 is 71.0 Å². The lowest BCUT2D eigenvalue weighted by atomic mass is 9.65. The molecule has 406 valence electrons. The highest BCUT2D eigenvalue weighted by atomic mass is 16.6. The summed E-state index contributed by atoms with van der Waals surface area (Å²) in [7, 11) is 0. The first-order valence-corrected chi connectivity index (χ1v) is 26.4. The number of cyclic esters (lactones) is 1. The molecule has 0 unspecified atom stereocenters. The fraction of sp³-hybridized carbons (Fsp3) is 0.226. The van der Waals surface area contributed by atoms with Crippen molar-refractivity contribution in [3.63, 3.8) is 0 Å². The first-order valence-electron chi connectivity index (χ1n) is 26.4. The molecule has 0 saturated carbocycles. The number of carbonyl (C=O) groups is 4. The fourth-order valence-electron chi connectivity index (χ4n) is 11.9. The van der Waals surface area contributed by atoms with Crippen LogP contribution >= 0.6 is 0 Å². The summed E-state index contributed by atoms with van der Waals surface area (Å²) in [5, 5.41) is 33.2. The zero-order valence-electron chi connectivity index (χ0n) is 43.4. The molecule has 19 nitrogen and oxygen atoms in total. The number of morpholine rings is 2. The van der Waals surface area contributed by atoms with Gasteiger partial charge in [0.1, 0.15) is 48.6 Å². The number of anilines is 3. The molecule has 1 spiro atoms. The Morgan fingerprint density at radius 2 is 1.52 bits per heavy atom. The number of carbonyl (C=O) groups excluding carboxylic acids is 4. The second-order valence-corrected chi connectivity index (χ2v) is 19.9. The van der Waals surface area contributed by atoms with Crippen molar-refractivity contribution in [1.82, 2.24) is 19.9 Å². The predicted molar refractivity (Wildman–Crippen MR) is 297 cm³/mol. The monoisotopic (exact) mass is 1080 g/mol. The maximum Gasteiger partial charge on any atom is 0.421 e. The minimum Gasteiger partial charge on any atom is -0.491 e. The fourth-order valence-corrected chi connectivity index (χ4v) is 11.9. The van der Waals surface area contributed by atoms with Gasteiger partial charge in [-0.2, -0.15) is 0 Å². The molecule has 4 aliphatic heterocycles. The first kappa shape index (κ1) is 52.0. The van der Waals surface area contributed by atoms with Crippen LogP contribution < -0.4 is 19.9 Å². The Kier molecular flexibility index (Phi) is 14.2. The van der Waals surface area contributed by atoms with Crippen LogP contribution in [0.5, 0.6) is 5.75 Å². The third kappa shape index (κ3) is 9.64. The number of imide groups is 1. The van der Waals surface area contributed by atoms with Crippen LogP contribution in [0.25, 0.3) is 11.0 Å². The van der Waals surface area contributed by atoms with Crippen molar-refractivity contribution in [2.75, 3.05) is 54.6 Å². The van der Waals surface area contributed by atoms with Gasteiger partial charge in [-0.05, 0) is 107 Å². The number of aliphatic hydroxyl groups is 1. The number of nitrogens with zero attached hydrogens (tertiary/aromatic N) is 7. The number of rotatable bonds is 13. The standard InChI is InChI=1S/C62H52N8O11/c71-33-36-79-48-17-9-16-44(38-48)57-62(49-37-40(11-10-30-67-52-19-8-7-18-50(52)64-65-67)22-29-51(49)68(60(62)74)61(75)80-39-41-20-25-47(26-21-41)70(76)77)53(58(72)63-45-23-27-46(28-24-45)66-31-34-78-35-32-66)55-59(73)81-56(43-14-5-2-6-15-43)54(69(55)57)42-12-3-1-4-13-42/h1-9,12-29,37-38,53-57,71H,30-36,39H2,(H,63,72)/t53-,54-,55-,56+,57+,62-/m0/s1. The highest BCUT2D eigenvalue weighted by Crippen LogP contribution is 2.66. The second kappa shape index (κ2) is 22.2. The van der Waals surface area contributed by atoms with E-state index in [4.69, 9.17) is 18.9 Å². The number of amides is 3. The molecule has 4 aliphatic rings. The maximum atomic E-state index is 16.9. The van der Waals surface area contributed by atoms with Crippen molar-refractivity contribution in [3.05, 3.63) is 219 Å². The summed E-state index contributed by atoms with van der Waals surface area (Å²) in [6.07, 6.45) is -2.11. The van der Waals surface area contributed by atoms with Crippen LogP contribution in [0.4, 0.5) is 27.5 Å². The van der Waals surface area contributed by atoms with Crippen molar-refractivity contribution in [1.29, 1.82) is 0 Å². The summed E-state index contributed by atoms with van der Waals surface area (Å²) < 4.78 is 25.9. The summed E-state index contributed by atoms with van der Waals surface area (Å²) in [5.41, 5.74) is 3.19. The average Bonchev–Trinajstić information content (AvgIpc) is 3.68. The molecular weight excluding hydrogens is 1030 g/mol. The van der Waals surface area contributed by atoms with E-state index in [0.717, 1.165) is 16.1 Å². The second-order valence-electron chi connectivity index (χ2n) is 19.9. The summed E-state index contributed by atoms with van der Waals surface area (Å²) in [6.45, 7) is 1.84. The average molecular weight is 1090 g/mol. The number of nitro groups is 1. The SMILES string of the molecule is O=C1O[C@H](c2ccccc2)[C@H](c2ccccc2)N2[C@H]1[C@@H](C(=O)Nc1ccc(N3CCOCC3)cc1)[C@]1(C(=O)N(C(=O)OCc3ccc([N+](=O)[O-])cc3)c3ccc(C#CCn4nnc5ccccc54)cc31)[C@H]2c1cccc(OCCO)c1. The minimum absolute atomic E-state index is 0.0657. The number of hydrogen-bond acceptors (Lipinski definition) is 15.